The Hall–Kier alpha value is -1.62. The predicted molar refractivity (Wildman–Crippen MR) is 63.3 cm³/mol. The van der Waals surface area contributed by atoms with Crippen LogP contribution in [0.4, 0.5) is 4.39 Å². The van der Waals surface area contributed by atoms with Crippen LogP contribution in [0.15, 0.2) is 18.2 Å². The summed E-state index contributed by atoms with van der Waals surface area (Å²) in [5.41, 5.74) is 5.69. The summed E-state index contributed by atoms with van der Waals surface area (Å²) in [6.07, 6.45) is 0.671. The third-order valence-corrected chi connectivity index (χ3v) is 2.46. The minimum absolute atomic E-state index is 0.00654. The maximum atomic E-state index is 12.8. The van der Waals surface area contributed by atoms with Crippen LogP contribution in [0.25, 0.3) is 0 Å². The number of benzene rings is 1. The Morgan fingerprint density at radius 1 is 1.59 bits per heavy atom. The van der Waals surface area contributed by atoms with Gasteiger partial charge in [-0.25, -0.2) is 4.39 Å². The minimum Gasteiger partial charge on any atom is -0.507 e. The Morgan fingerprint density at radius 2 is 2.24 bits per heavy atom. The Morgan fingerprint density at radius 3 is 2.76 bits per heavy atom. The summed E-state index contributed by atoms with van der Waals surface area (Å²) in [6.45, 7) is 2.35. The first-order valence-corrected chi connectivity index (χ1v) is 5.41. The molecule has 17 heavy (non-hydrogen) atoms. The van der Waals surface area contributed by atoms with Crippen LogP contribution in [0, 0.1) is 5.82 Å². The van der Waals surface area contributed by atoms with Crippen molar-refractivity contribution in [3.8, 4) is 5.75 Å². The molecule has 1 rings (SSSR count). The predicted octanol–water partition coefficient (Wildman–Crippen LogP) is 1.34. The second kappa shape index (κ2) is 5.63. The van der Waals surface area contributed by atoms with Gasteiger partial charge in [0.05, 0.1) is 5.56 Å². The number of amides is 1. The summed E-state index contributed by atoms with van der Waals surface area (Å²) in [6, 6.07) is 3.35. The number of hydrogen-bond acceptors (Lipinski definition) is 3. The van der Waals surface area contributed by atoms with Crippen molar-refractivity contribution in [1.82, 2.24) is 4.90 Å². The molecule has 0 bridgehead atoms. The molecular formula is C12H17FN2O2. The molecule has 1 aromatic carbocycles. The fourth-order valence-corrected chi connectivity index (χ4v) is 1.39. The van der Waals surface area contributed by atoms with Crippen molar-refractivity contribution in [2.75, 3.05) is 13.6 Å². The Kier molecular flexibility index (Phi) is 4.45. The summed E-state index contributed by atoms with van der Waals surface area (Å²) < 4.78 is 12.8. The largest absolute Gasteiger partial charge is 0.507 e. The van der Waals surface area contributed by atoms with Crippen LogP contribution in [0.3, 0.4) is 0 Å². The van der Waals surface area contributed by atoms with Gasteiger partial charge in [0.1, 0.15) is 11.6 Å². The number of carbonyl (C=O) groups is 1. The number of nitrogens with zero attached hydrogens (tertiary/aromatic N) is 1. The van der Waals surface area contributed by atoms with E-state index < -0.39 is 5.82 Å². The zero-order valence-electron chi connectivity index (χ0n) is 9.98. The molecule has 1 atom stereocenters. The maximum Gasteiger partial charge on any atom is 0.257 e. The minimum atomic E-state index is -0.572. The molecule has 0 fully saturated rings. The molecule has 3 N–H and O–H groups in total. The fourth-order valence-electron chi connectivity index (χ4n) is 1.39. The summed E-state index contributed by atoms with van der Waals surface area (Å²) in [5.74, 6) is -1.26. The first-order chi connectivity index (χ1) is 7.91. The van der Waals surface area contributed by atoms with Gasteiger partial charge in [0.15, 0.2) is 0 Å². The van der Waals surface area contributed by atoms with Crippen LogP contribution in [0.2, 0.25) is 0 Å². The standard InChI is InChI=1S/C12H17FN2O2/c1-8(14)5-6-15(2)12(17)10-4-3-9(13)7-11(10)16/h3-4,7-8,16H,5-6,14H2,1-2H3. The lowest BCUT2D eigenvalue weighted by Gasteiger charge is -2.18. The van der Waals surface area contributed by atoms with Gasteiger partial charge in [0.25, 0.3) is 5.91 Å². The average molecular weight is 240 g/mol. The molecule has 0 aliphatic heterocycles. The number of hydrogen-bond donors (Lipinski definition) is 2. The molecule has 94 valence electrons. The van der Waals surface area contributed by atoms with Crippen LogP contribution in [-0.4, -0.2) is 35.5 Å². The van der Waals surface area contributed by atoms with E-state index in [1.54, 1.807) is 7.05 Å². The third kappa shape index (κ3) is 3.71. The third-order valence-electron chi connectivity index (χ3n) is 2.46. The topological polar surface area (TPSA) is 66.6 Å². The van der Waals surface area contributed by atoms with E-state index in [-0.39, 0.29) is 23.3 Å². The molecule has 0 radical (unpaired) electrons. The van der Waals surface area contributed by atoms with Gasteiger partial charge in [0.2, 0.25) is 0 Å². The Balaban J connectivity index is 2.75. The van der Waals surface area contributed by atoms with E-state index >= 15 is 0 Å². The van der Waals surface area contributed by atoms with Gasteiger partial charge in [0, 0.05) is 25.7 Å². The van der Waals surface area contributed by atoms with Crippen LogP contribution < -0.4 is 5.73 Å². The molecule has 4 nitrogen and oxygen atoms in total. The van der Waals surface area contributed by atoms with E-state index in [9.17, 15) is 14.3 Å². The SMILES string of the molecule is CC(N)CCN(C)C(=O)c1ccc(F)cc1O. The summed E-state index contributed by atoms with van der Waals surface area (Å²) in [4.78, 5) is 13.3. The van der Waals surface area contributed by atoms with E-state index in [1.807, 2.05) is 6.92 Å². The van der Waals surface area contributed by atoms with Crippen LogP contribution in [-0.2, 0) is 0 Å². The molecule has 0 aromatic heterocycles. The molecule has 1 amide bonds. The number of phenols is 1. The zero-order chi connectivity index (χ0) is 13.0. The molecule has 1 aromatic rings. The number of phenolic OH excluding ortho intramolecular Hbond substituents is 1. The highest BCUT2D eigenvalue weighted by atomic mass is 19.1. The van der Waals surface area contributed by atoms with E-state index in [1.165, 1.54) is 11.0 Å². The van der Waals surface area contributed by atoms with Crippen LogP contribution in [0.1, 0.15) is 23.7 Å². The normalized spacial score (nSPS) is 12.2. The number of halogens is 1. The van der Waals surface area contributed by atoms with Crippen LogP contribution >= 0.6 is 0 Å². The van der Waals surface area contributed by atoms with Crippen molar-refractivity contribution in [3.05, 3.63) is 29.6 Å². The van der Waals surface area contributed by atoms with Gasteiger partial charge in [-0.2, -0.15) is 0 Å². The Bertz CT molecular complexity index is 407. The maximum absolute atomic E-state index is 12.8. The van der Waals surface area contributed by atoms with Crippen molar-refractivity contribution in [2.45, 2.75) is 19.4 Å². The van der Waals surface area contributed by atoms with Gasteiger partial charge in [-0.3, -0.25) is 4.79 Å². The second-order valence-corrected chi connectivity index (χ2v) is 4.15. The number of nitrogens with two attached hydrogens (primary N) is 1. The highest BCUT2D eigenvalue weighted by molar-refractivity contribution is 5.96. The van der Waals surface area contributed by atoms with E-state index in [0.29, 0.717) is 13.0 Å². The monoisotopic (exact) mass is 240 g/mol. The lowest BCUT2D eigenvalue weighted by atomic mass is 10.1. The highest BCUT2D eigenvalue weighted by Gasteiger charge is 2.16. The number of carbonyl (C=O) groups excluding carboxylic acids is 1. The first-order valence-electron chi connectivity index (χ1n) is 5.41. The summed E-state index contributed by atoms with van der Waals surface area (Å²) in [7, 11) is 1.62. The molecule has 0 saturated heterocycles. The molecular weight excluding hydrogens is 223 g/mol. The number of aromatic hydroxyl groups is 1. The molecule has 0 spiro atoms. The van der Waals surface area contributed by atoms with E-state index in [0.717, 1.165) is 12.1 Å². The average Bonchev–Trinajstić information content (AvgIpc) is 2.25. The van der Waals surface area contributed by atoms with E-state index in [2.05, 4.69) is 0 Å². The van der Waals surface area contributed by atoms with Crippen molar-refractivity contribution >= 4 is 5.91 Å². The molecule has 0 heterocycles. The smallest absolute Gasteiger partial charge is 0.257 e. The molecule has 0 aliphatic carbocycles. The van der Waals surface area contributed by atoms with Gasteiger partial charge in [-0.15, -0.1) is 0 Å². The zero-order valence-corrected chi connectivity index (χ0v) is 9.98. The molecule has 0 saturated carbocycles. The lowest BCUT2D eigenvalue weighted by molar-refractivity contribution is 0.0789. The highest BCUT2D eigenvalue weighted by Crippen LogP contribution is 2.19. The van der Waals surface area contributed by atoms with Crippen molar-refractivity contribution in [1.29, 1.82) is 0 Å². The first kappa shape index (κ1) is 13.4. The van der Waals surface area contributed by atoms with Crippen molar-refractivity contribution in [2.24, 2.45) is 5.73 Å². The lowest BCUT2D eigenvalue weighted by Crippen LogP contribution is -2.31. The van der Waals surface area contributed by atoms with Gasteiger partial charge < -0.3 is 15.7 Å². The van der Waals surface area contributed by atoms with Crippen LogP contribution in [0.5, 0.6) is 5.75 Å². The van der Waals surface area contributed by atoms with Gasteiger partial charge in [-0.1, -0.05) is 0 Å². The van der Waals surface area contributed by atoms with Crippen molar-refractivity contribution < 1.29 is 14.3 Å². The number of rotatable bonds is 4. The fraction of sp³-hybridized carbons (Fsp3) is 0.417. The van der Waals surface area contributed by atoms with Crippen molar-refractivity contribution in [3.63, 3.8) is 0 Å². The quantitative estimate of drug-likeness (QED) is 0.834. The van der Waals surface area contributed by atoms with Gasteiger partial charge in [-0.05, 0) is 25.5 Å². The molecule has 0 aliphatic rings. The summed E-state index contributed by atoms with van der Waals surface area (Å²) in [5, 5.41) is 9.48. The molecule has 5 heteroatoms. The Labute approximate surface area is 99.8 Å². The second-order valence-electron chi connectivity index (χ2n) is 4.15. The van der Waals surface area contributed by atoms with Gasteiger partial charge >= 0.3 is 0 Å². The van der Waals surface area contributed by atoms with E-state index in [4.69, 9.17) is 5.73 Å². The summed E-state index contributed by atoms with van der Waals surface area (Å²) >= 11 is 0. The molecule has 1 unspecified atom stereocenters.